The zero-order valence-corrected chi connectivity index (χ0v) is 54.2. The fraction of sp³-hybridized carbons (Fsp3) is 0.469. The molecule has 4 heterocycles. The molecule has 0 bridgehead atoms. The van der Waals surface area contributed by atoms with Crippen LogP contribution < -0.4 is 9.47 Å². The molecule has 10 rings (SSSR count). The van der Waals surface area contributed by atoms with Crippen LogP contribution in [-0.2, 0) is 28.8 Å². The van der Waals surface area contributed by atoms with Crippen molar-refractivity contribution in [1.29, 1.82) is 0 Å². The van der Waals surface area contributed by atoms with Crippen molar-refractivity contribution in [3.05, 3.63) is 108 Å². The maximum absolute atomic E-state index is 13.0. The predicted molar refractivity (Wildman–Crippen MR) is 347 cm³/mol. The monoisotopic (exact) mass is 1220 g/mol. The van der Waals surface area contributed by atoms with Crippen LogP contribution in [0.25, 0.3) is 66.1 Å². The molecule has 2 saturated carbocycles. The lowest BCUT2D eigenvalue weighted by molar-refractivity contribution is 0.189. The molecule has 2 fully saturated rings. The van der Waals surface area contributed by atoms with Crippen molar-refractivity contribution in [2.45, 2.75) is 100 Å². The minimum absolute atomic E-state index is 0.154. The van der Waals surface area contributed by atoms with Gasteiger partial charge in [-0.3, -0.25) is 9.24 Å². The molecule has 0 radical (unpaired) electrons. The third-order valence-corrected chi connectivity index (χ3v) is 22.5. The second kappa shape index (κ2) is 29.0. The van der Waals surface area contributed by atoms with E-state index in [9.17, 15) is 26.5 Å². The molecule has 0 amide bonds. The lowest BCUT2D eigenvalue weighted by Gasteiger charge is -2.22. The Hall–Kier alpha value is -5.26. The Morgan fingerprint density at radius 1 is 0.607 bits per heavy atom. The molecule has 0 saturated heterocycles. The largest absolute Gasteiger partial charge is 0.491 e. The van der Waals surface area contributed by atoms with Crippen LogP contribution in [0, 0.1) is 13.8 Å². The van der Waals surface area contributed by atoms with E-state index in [0.29, 0.717) is 36.2 Å². The van der Waals surface area contributed by atoms with Crippen LogP contribution in [0.5, 0.6) is 11.5 Å². The number of likely N-dealkylation sites (N-methyl/N-ethyl adjacent to an activating group) is 2. The van der Waals surface area contributed by atoms with E-state index in [1.54, 1.807) is 37.6 Å². The quantitative estimate of drug-likeness (QED) is 0.0324. The molecule has 0 aliphatic heterocycles. The fourth-order valence-electron chi connectivity index (χ4n) is 10.6. The van der Waals surface area contributed by atoms with Crippen LogP contribution in [0.3, 0.4) is 0 Å². The molecule has 84 heavy (non-hydrogen) atoms. The maximum atomic E-state index is 13.0. The average molecular weight is 1220 g/mol. The minimum Gasteiger partial charge on any atom is -0.491 e. The summed E-state index contributed by atoms with van der Waals surface area (Å²) in [4.78, 5) is 21.3. The summed E-state index contributed by atoms with van der Waals surface area (Å²) in [6.45, 7) is 29.4. The summed E-state index contributed by atoms with van der Waals surface area (Å²) in [5.41, 5.74) is 8.94. The summed E-state index contributed by atoms with van der Waals surface area (Å²) < 4.78 is 84.0. The molecule has 8 aromatic rings. The van der Waals surface area contributed by atoms with E-state index >= 15 is 0 Å². The summed E-state index contributed by atoms with van der Waals surface area (Å²) in [7, 11) is -8.89. The van der Waals surface area contributed by atoms with Gasteiger partial charge in [-0.25, -0.2) is 26.8 Å². The lowest BCUT2D eigenvalue weighted by atomic mass is 9.99. The number of aliphatic hydroxyl groups excluding tert-OH is 1. The van der Waals surface area contributed by atoms with E-state index in [4.69, 9.17) is 14.0 Å². The zero-order chi connectivity index (χ0) is 60.3. The highest BCUT2D eigenvalue weighted by Crippen LogP contribution is 2.43. The number of hydrogen-bond donors (Lipinski definition) is 3. The van der Waals surface area contributed by atoms with Gasteiger partial charge in [0.1, 0.15) is 22.8 Å². The number of nitrogens with zero attached hydrogens (tertiary/aromatic N) is 5. The third-order valence-electron chi connectivity index (χ3n) is 15.5. The summed E-state index contributed by atoms with van der Waals surface area (Å²) in [5, 5.41) is 12.6. The van der Waals surface area contributed by atoms with Crippen molar-refractivity contribution in [2.75, 3.05) is 105 Å². The first-order valence-corrected chi connectivity index (χ1v) is 37.4. The van der Waals surface area contributed by atoms with Gasteiger partial charge in [-0.05, 0) is 194 Å². The van der Waals surface area contributed by atoms with Crippen molar-refractivity contribution in [2.24, 2.45) is 0 Å². The van der Waals surface area contributed by atoms with Gasteiger partial charge >= 0.3 is 0 Å². The summed E-state index contributed by atoms with van der Waals surface area (Å²) in [6, 6.07) is 26.7. The average Bonchev–Trinajstić information content (AvgIpc) is 2.04. The number of aromatic nitrogens is 4. The number of sulfone groups is 2. The standard InChI is InChI=1S/C30H38N3O5PS.C28H33N3O4S.C6H16NP/c1-5-33(15-17-38-39(3,4)34)14-7-16-37-27-13-12-25(28-26-18-21(2)20-31-30(26)32-29(27)28)22-8-6-9-24(19-22)40(35,36)23-10-11-23;1-3-31(13-14-32)12-5-15-35-25-11-10-23(26-24-16-19(2)18-29-28(24)30-27(25)26)20-6-4-7-22(17-20)36(33,34)21-8-9-21;1-5-7(6-2)8(3)4/h6,8-9,12-13,18-20,23H,5,7,10-11,14-17H2,1-4H3,(H,31,32);4,6-7,10-11,16-18,21,32H,3,5,8-9,12-15H2,1-2H3,(H,29,30);5-6H2,1-4H3. The first-order chi connectivity index (χ1) is 40.2. The Bertz CT molecular complexity index is 3800. The number of fused-ring (bicyclic) bond motifs is 6. The Morgan fingerprint density at radius 2 is 1.05 bits per heavy atom. The van der Waals surface area contributed by atoms with Gasteiger partial charge < -0.3 is 38.9 Å². The predicted octanol–water partition coefficient (Wildman–Crippen LogP) is 13.0. The topological polar surface area (TPSA) is 200 Å². The Morgan fingerprint density at radius 3 is 1.42 bits per heavy atom. The van der Waals surface area contributed by atoms with Crippen molar-refractivity contribution in [3.63, 3.8) is 0 Å². The molecule has 2 aliphatic carbocycles. The van der Waals surface area contributed by atoms with Crippen molar-refractivity contribution in [3.8, 4) is 33.8 Å². The number of pyridine rings is 2. The Labute approximate surface area is 499 Å². The van der Waals surface area contributed by atoms with Crippen molar-refractivity contribution >= 4 is 79.0 Å². The molecule has 4 aromatic carbocycles. The van der Waals surface area contributed by atoms with Crippen LogP contribution in [0.1, 0.15) is 77.3 Å². The van der Waals surface area contributed by atoms with E-state index in [0.717, 1.165) is 160 Å². The molecule has 3 N–H and O–H groups in total. The van der Waals surface area contributed by atoms with Gasteiger partial charge in [-0.1, -0.05) is 52.0 Å². The Balaban J connectivity index is 0.000000195. The van der Waals surface area contributed by atoms with Crippen LogP contribution in [0.4, 0.5) is 0 Å². The fourth-order valence-corrected chi connectivity index (χ4v) is 15.6. The van der Waals surface area contributed by atoms with Crippen LogP contribution in [0.2, 0.25) is 0 Å². The van der Waals surface area contributed by atoms with E-state index in [1.165, 1.54) is 13.1 Å². The van der Waals surface area contributed by atoms with E-state index in [-0.39, 0.29) is 25.2 Å². The molecule has 2 aliphatic rings. The van der Waals surface area contributed by atoms with Crippen LogP contribution in [-0.4, -0.2) is 172 Å². The van der Waals surface area contributed by atoms with Gasteiger partial charge in [0.05, 0.1) is 57.8 Å². The van der Waals surface area contributed by atoms with Crippen molar-refractivity contribution in [1.82, 2.24) is 34.4 Å². The number of benzene rings is 4. The molecule has 4 aromatic heterocycles. The van der Waals surface area contributed by atoms with Gasteiger partial charge in [0, 0.05) is 73.4 Å². The van der Waals surface area contributed by atoms with Gasteiger partial charge in [-0.15, -0.1) is 0 Å². The molecule has 20 heteroatoms. The summed E-state index contributed by atoms with van der Waals surface area (Å²) >= 11 is 0. The smallest absolute Gasteiger partial charge is 0.197 e. The second-order valence-corrected chi connectivity index (χ2v) is 31.9. The molecular weight excluding hydrogens is 1140 g/mol. The molecule has 16 nitrogen and oxygen atoms in total. The van der Waals surface area contributed by atoms with E-state index in [1.807, 2.05) is 74.8 Å². The summed E-state index contributed by atoms with van der Waals surface area (Å²) in [6.07, 6.45) is 8.29. The van der Waals surface area contributed by atoms with Crippen LogP contribution in [0.15, 0.2) is 107 Å². The number of nitrogens with one attached hydrogen (secondary N) is 2. The number of H-pyrrole nitrogens is 2. The van der Waals surface area contributed by atoms with Gasteiger partial charge in [0.15, 0.2) is 27.0 Å². The number of aryl methyl sites for hydroxylation is 2. The molecule has 0 spiro atoms. The number of hydrogen-bond acceptors (Lipinski definition) is 14. The zero-order valence-electron chi connectivity index (χ0n) is 50.8. The number of aromatic amines is 2. The third kappa shape index (κ3) is 16.2. The van der Waals surface area contributed by atoms with Crippen LogP contribution >= 0.6 is 15.4 Å². The first-order valence-electron chi connectivity index (χ1n) is 29.6. The van der Waals surface area contributed by atoms with E-state index in [2.05, 4.69) is 87.6 Å². The minimum atomic E-state index is -3.30. The van der Waals surface area contributed by atoms with E-state index < -0.39 is 27.0 Å². The second-order valence-electron chi connectivity index (χ2n) is 22.4. The maximum Gasteiger partial charge on any atom is 0.197 e. The molecule has 0 unspecified atom stereocenters. The van der Waals surface area contributed by atoms with Crippen molar-refractivity contribution < 1.29 is 40.5 Å². The lowest BCUT2D eigenvalue weighted by Crippen LogP contribution is -2.29. The van der Waals surface area contributed by atoms with Gasteiger partial charge in [-0.2, -0.15) is 0 Å². The van der Waals surface area contributed by atoms with Gasteiger partial charge in [0.2, 0.25) is 0 Å². The first kappa shape index (κ1) is 64.7. The number of rotatable bonds is 27. The molecular formula is C64H87N7O9P2S2. The highest BCUT2D eigenvalue weighted by molar-refractivity contribution is 7.92. The number of ether oxygens (including phenoxy) is 2. The summed E-state index contributed by atoms with van der Waals surface area (Å²) in [5.74, 6) is 1.48. The molecule has 0 atom stereocenters. The molecule has 454 valence electrons. The SMILES string of the molecule is CCN(CC)P(C)C.CCN(CCCOc1ccc(-c2cccc(S(=O)(=O)C3CC3)c2)c2c1[nH]c1ncc(C)cc12)CCOP(C)(C)=O.CCN(CCO)CCCOc1ccc(-c2cccc(S(=O)(=O)C3CC3)c2)c2c1[nH]c1ncc(C)cc12. The highest BCUT2D eigenvalue weighted by atomic mass is 32.2. The highest BCUT2D eigenvalue weighted by Gasteiger charge is 2.38. The number of aliphatic hydroxyl groups is 1. The normalized spacial score (nSPS) is 14.0. The Kier molecular flexibility index (Phi) is 22.3. The van der Waals surface area contributed by atoms with Gasteiger partial charge in [0.25, 0.3) is 0 Å².